The SMILES string of the molecule is CC(C)OCCN1CNC(C(C)C)C1=O. The first-order valence-corrected chi connectivity index (χ1v) is 5.66. The van der Waals surface area contributed by atoms with E-state index < -0.39 is 0 Å². The molecular formula is C11H22N2O2. The fourth-order valence-corrected chi connectivity index (χ4v) is 1.68. The first-order valence-electron chi connectivity index (χ1n) is 5.66. The first-order chi connectivity index (χ1) is 7.02. The van der Waals surface area contributed by atoms with Gasteiger partial charge in [0.15, 0.2) is 0 Å². The maximum atomic E-state index is 11.8. The van der Waals surface area contributed by atoms with Gasteiger partial charge in [-0.15, -0.1) is 0 Å². The lowest BCUT2D eigenvalue weighted by Gasteiger charge is -2.17. The number of hydrogen-bond donors (Lipinski definition) is 1. The average molecular weight is 214 g/mol. The van der Waals surface area contributed by atoms with E-state index in [-0.39, 0.29) is 18.1 Å². The molecule has 1 atom stereocenters. The molecule has 1 N–H and O–H groups in total. The van der Waals surface area contributed by atoms with Gasteiger partial charge in [-0.2, -0.15) is 0 Å². The number of nitrogens with one attached hydrogen (secondary N) is 1. The van der Waals surface area contributed by atoms with Gasteiger partial charge >= 0.3 is 0 Å². The van der Waals surface area contributed by atoms with Crippen molar-refractivity contribution >= 4 is 5.91 Å². The van der Waals surface area contributed by atoms with Crippen LogP contribution in [0.25, 0.3) is 0 Å². The van der Waals surface area contributed by atoms with Crippen LogP contribution in [0.4, 0.5) is 0 Å². The molecule has 1 fully saturated rings. The second kappa shape index (κ2) is 5.47. The van der Waals surface area contributed by atoms with E-state index in [1.54, 1.807) is 0 Å². The van der Waals surface area contributed by atoms with Crippen LogP contribution in [0.15, 0.2) is 0 Å². The molecule has 4 nitrogen and oxygen atoms in total. The van der Waals surface area contributed by atoms with E-state index in [9.17, 15) is 4.79 Å². The Morgan fingerprint density at radius 3 is 2.60 bits per heavy atom. The third-order valence-corrected chi connectivity index (χ3v) is 2.56. The van der Waals surface area contributed by atoms with Gasteiger partial charge in [-0.05, 0) is 19.8 Å². The van der Waals surface area contributed by atoms with Crippen LogP contribution in [0, 0.1) is 5.92 Å². The van der Waals surface area contributed by atoms with E-state index in [4.69, 9.17) is 4.74 Å². The summed E-state index contributed by atoms with van der Waals surface area (Å²) in [6.45, 7) is 10.1. The summed E-state index contributed by atoms with van der Waals surface area (Å²) >= 11 is 0. The van der Waals surface area contributed by atoms with Crippen LogP contribution in [0.1, 0.15) is 27.7 Å². The predicted molar refractivity (Wildman–Crippen MR) is 59.4 cm³/mol. The molecule has 0 radical (unpaired) electrons. The van der Waals surface area contributed by atoms with Gasteiger partial charge in [0, 0.05) is 6.54 Å². The molecule has 1 rings (SSSR count). The lowest BCUT2D eigenvalue weighted by molar-refractivity contribution is -0.130. The smallest absolute Gasteiger partial charge is 0.241 e. The summed E-state index contributed by atoms with van der Waals surface area (Å²) < 4.78 is 5.43. The van der Waals surface area contributed by atoms with Crippen molar-refractivity contribution in [2.24, 2.45) is 5.92 Å². The molecule has 0 aliphatic carbocycles. The Bertz CT molecular complexity index is 217. The van der Waals surface area contributed by atoms with Gasteiger partial charge in [0.25, 0.3) is 0 Å². The number of amides is 1. The lowest BCUT2D eigenvalue weighted by atomic mass is 10.1. The van der Waals surface area contributed by atoms with E-state index in [0.29, 0.717) is 25.7 Å². The molecule has 1 saturated heterocycles. The molecule has 1 amide bonds. The maximum Gasteiger partial charge on any atom is 0.241 e. The summed E-state index contributed by atoms with van der Waals surface area (Å²) in [5.74, 6) is 0.561. The normalized spacial score (nSPS) is 22.1. The minimum absolute atomic E-state index is 0.0101. The van der Waals surface area contributed by atoms with Crippen LogP contribution >= 0.6 is 0 Å². The van der Waals surface area contributed by atoms with Crippen molar-refractivity contribution in [2.75, 3.05) is 19.8 Å². The molecule has 1 unspecified atom stereocenters. The maximum absolute atomic E-state index is 11.8. The summed E-state index contributed by atoms with van der Waals surface area (Å²) in [5.41, 5.74) is 0. The van der Waals surface area contributed by atoms with Crippen LogP contribution in [0.2, 0.25) is 0 Å². The monoisotopic (exact) mass is 214 g/mol. The first kappa shape index (κ1) is 12.5. The Labute approximate surface area is 92.0 Å². The fourth-order valence-electron chi connectivity index (χ4n) is 1.68. The number of ether oxygens (including phenoxy) is 1. The van der Waals surface area contributed by atoms with Crippen molar-refractivity contribution in [2.45, 2.75) is 39.8 Å². The molecule has 88 valence electrons. The molecular weight excluding hydrogens is 192 g/mol. The molecule has 0 bridgehead atoms. The Kier molecular flexibility index (Phi) is 4.54. The van der Waals surface area contributed by atoms with Crippen LogP contribution < -0.4 is 5.32 Å². The highest BCUT2D eigenvalue weighted by Gasteiger charge is 2.32. The Hall–Kier alpha value is -0.610. The van der Waals surface area contributed by atoms with Crippen LogP contribution in [-0.2, 0) is 9.53 Å². The zero-order valence-electron chi connectivity index (χ0n) is 10.1. The third-order valence-electron chi connectivity index (χ3n) is 2.56. The van der Waals surface area contributed by atoms with Gasteiger partial charge in [0.1, 0.15) is 0 Å². The topological polar surface area (TPSA) is 41.6 Å². The Morgan fingerprint density at radius 2 is 2.13 bits per heavy atom. The summed E-state index contributed by atoms with van der Waals surface area (Å²) in [5, 5.41) is 3.21. The molecule has 0 saturated carbocycles. The highest BCUT2D eigenvalue weighted by atomic mass is 16.5. The van der Waals surface area contributed by atoms with E-state index >= 15 is 0 Å². The van der Waals surface area contributed by atoms with Crippen molar-refractivity contribution in [1.29, 1.82) is 0 Å². The van der Waals surface area contributed by atoms with E-state index in [1.807, 2.05) is 18.7 Å². The van der Waals surface area contributed by atoms with Gasteiger partial charge in [-0.3, -0.25) is 10.1 Å². The number of hydrogen-bond acceptors (Lipinski definition) is 3. The molecule has 1 aliphatic rings. The second-order valence-electron chi connectivity index (χ2n) is 4.61. The second-order valence-corrected chi connectivity index (χ2v) is 4.61. The quantitative estimate of drug-likeness (QED) is 0.737. The zero-order valence-corrected chi connectivity index (χ0v) is 10.1. The standard InChI is InChI=1S/C11H22N2O2/c1-8(2)10-11(14)13(7-12-10)5-6-15-9(3)4/h8-10,12H,5-7H2,1-4H3. The van der Waals surface area contributed by atoms with Crippen molar-refractivity contribution in [1.82, 2.24) is 10.2 Å². The summed E-state index contributed by atoms with van der Waals surface area (Å²) in [6.07, 6.45) is 0.233. The third kappa shape index (κ3) is 3.47. The fraction of sp³-hybridized carbons (Fsp3) is 0.909. The zero-order chi connectivity index (χ0) is 11.4. The van der Waals surface area contributed by atoms with Crippen LogP contribution in [-0.4, -0.2) is 42.8 Å². The van der Waals surface area contributed by atoms with Crippen molar-refractivity contribution in [3.8, 4) is 0 Å². The lowest BCUT2D eigenvalue weighted by Crippen LogP contribution is -2.35. The molecule has 4 heteroatoms. The molecule has 0 aromatic carbocycles. The highest BCUT2D eigenvalue weighted by molar-refractivity contribution is 5.83. The van der Waals surface area contributed by atoms with E-state index in [2.05, 4.69) is 19.2 Å². The van der Waals surface area contributed by atoms with Crippen LogP contribution in [0.3, 0.4) is 0 Å². The number of nitrogens with zero attached hydrogens (tertiary/aromatic N) is 1. The predicted octanol–water partition coefficient (Wildman–Crippen LogP) is 0.825. The molecule has 0 spiro atoms. The minimum Gasteiger partial charge on any atom is -0.377 e. The average Bonchev–Trinajstić information content (AvgIpc) is 2.47. The summed E-state index contributed by atoms with van der Waals surface area (Å²) in [7, 11) is 0. The minimum atomic E-state index is -0.0101. The largest absolute Gasteiger partial charge is 0.377 e. The number of rotatable bonds is 5. The van der Waals surface area contributed by atoms with Gasteiger partial charge in [-0.1, -0.05) is 13.8 Å². The van der Waals surface area contributed by atoms with Gasteiger partial charge in [0.2, 0.25) is 5.91 Å². The molecule has 1 heterocycles. The van der Waals surface area contributed by atoms with Gasteiger partial charge < -0.3 is 9.64 Å². The van der Waals surface area contributed by atoms with Crippen LogP contribution in [0.5, 0.6) is 0 Å². The van der Waals surface area contributed by atoms with Crippen molar-refractivity contribution in [3.63, 3.8) is 0 Å². The Morgan fingerprint density at radius 1 is 1.47 bits per heavy atom. The van der Waals surface area contributed by atoms with E-state index in [0.717, 1.165) is 0 Å². The van der Waals surface area contributed by atoms with Gasteiger partial charge in [0.05, 0.1) is 25.4 Å². The van der Waals surface area contributed by atoms with Gasteiger partial charge in [-0.25, -0.2) is 0 Å². The molecule has 15 heavy (non-hydrogen) atoms. The molecule has 0 aromatic rings. The summed E-state index contributed by atoms with van der Waals surface area (Å²) in [4.78, 5) is 13.7. The van der Waals surface area contributed by atoms with E-state index in [1.165, 1.54) is 0 Å². The summed E-state index contributed by atoms with van der Waals surface area (Å²) in [6, 6.07) is -0.0101. The molecule has 0 aromatic heterocycles. The molecule has 1 aliphatic heterocycles. The highest BCUT2D eigenvalue weighted by Crippen LogP contribution is 2.11. The number of carbonyl (C=O) groups excluding carboxylic acids is 1. The Balaban J connectivity index is 2.30. The number of carbonyl (C=O) groups is 1. The van der Waals surface area contributed by atoms with Crippen molar-refractivity contribution in [3.05, 3.63) is 0 Å². The van der Waals surface area contributed by atoms with Crippen molar-refractivity contribution < 1.29 is 9.53 Å².